The van der Waals surface area contributed by atoms with Crippen LogP contribution in [-0.4, -0.2) is 59.4 Å². The van der Waals surface area contributed by atoms with Crippen molar-refractivity contribution >= 4 is 65.5 Å². The Labute approximate surface area is 242 Å². The Bertz CT molecular complexity index is 897. The van der Waals surface area contributed by atoms with Crippen molar-refractivity contribution < 1.29 is 24.7 Å². The Morgan fingerprint density at radius 1 is 0.500 bits per heavy atom. The van der Waals surface area contributed by atoms with E-state index in [0.29, 0.717) is 0 Å². The van der Waals surface area contributed by atoms with Crippen LogP contribution in [0.2, 0.25) is 104 Å². The second kappa shape index (κ2) is 13.5. The van der Waals surface area contributed by atoms with Crippen LogP contribution in [0.1, 0.15) is 12.0 Å². The maximum atomic E-state index is 6.77. The van der Waals surface area contributed by atoms with E-state index < -0.39 is 59.4 Å². The van der Waals surface area contributed by atoms with Crippen LogP contribution in [0.3, 0.4) is 0 Å². The van der Waals surface area contributed by atoms with Crippen LogP contribution >= 0.6 is 0 Å². The van der Waals surface area contributed by atoms with Crippen molar-refractivity contribution in [2.45, 2.75) is 111 Å². The van der Waals surface area contributed by atoms with Crippen molar-refractivity contribution in [2.75, 3.05) is 0 Å². The predicted molar refractivity (Wildman–Crippen MR) is 180 cm³/mol. The molecule has 0 N–H and O–H groups in total. The average Bonchev–Trinajstić information content (AvgIpc) is 2.58. The van der Waals surface area contributed by atoms with Gasteiger partial charge in [0.2, 0.25) is 0 Å². The molecule has 38 heavy (non-hydrogen) atoms. The zero-order chi connectivity index (χ0) is 29.7. The van der Waals surface area contributed by atoms with E-state index in [9.17, 15) is 0 Å². The molecular weight excluding hydrogens is 593 g/mol. The normalized spacial score (nSPS) is 14.9. The Morgan fingerprint density at radius 2 is 0.868 bits per heavy atom. The second-order valence-corrected chi connectivity index (χ2v) is 41.0. The molecule has 6 nitrogen and oxygen atoms in total. The molecule has 1 aromatic rings. The molecule has 0 saturated heterocycles. The summed E-state index contributed by atoms with van der Waals surface area (Å²) in [6.07, 6.45) is 5.45. The lowest BCUT2D eigenvalue weighted by molar-refractivity contribution is 0.271. The van der Waals surface area contributed by atoms with E-state index in [4.69, 9.17) is 24.7 Å². The maximum absolute atomic E-state index is 6.77. The zero-order valence-electron chi connectivity index (χ0n) is 26.9. The fourth-order valence-corrected chi connectivity index (χ4v) is 39.3. The summed E-state index contributed by atoms with van der Waals surface area (Å²) in [7, 11) is -15.8. The van der Waals surface area contributed by atoms with Gasteiger partial charge in [-0.3, -0.25) is 0 Å². The van der Waals surface area contributed by atoms with E-state index in [-0.39, 0.29) is 0 Å². The van der Waals surface area contributed by atoms with Gasteiger partial charge in [-0.2, -0.15) is 0 Å². The monoisotopic (exact) mass is 648 g/mol. The summed E-state index contributed by atoms with van der Waals surface area (Å²) in [5.74, 6) is 0. The molecule has 0 amide bonds. The fourth-order valence-electron chi connectivity index (χ4n) is 5.14. The quantitative estimate of drug-likeness (QED) is 0.167. The molecule has 0 saturated carbocycles. The summed E-state index contributed by atoms with van der Waals surface area (Å²) >= 11 is 0. The topological polar surface area (TPSA) is 55.4 Å². The number of benzene rings is 1. The Balaban J connectivity index is 2.73. The largest absolute Gasteiger partial charge is 0.437 e. The molecular formula is C25H56O6Si7. The molecule has 1 rings (SSSR count). The highest BCUT2D eigenvalue weighted by atomic mass is 28.5. The number of allylic oxidation sites excluding steroid dienone is 1. The van der Waals surface area contributed by atoms with E-state index >= 15 is 0 Å². The molecule has 13 heteroatoms. The number of hydrogen-bond donors (Lipinski definition) is 0. The van der Waals surface area contributed by atoms with E-state index in [1.807, 2.05) is 6.07 Å². The SMILES string of the molecule is C[Si](C)(C)O[Si](C)(C)O[Si](C)(C)O[Si](C)(C)O[Si](C)(C)O[Si](C)(C)O[Si](C)(C)CCC=Cc1ccccc1. The lowest BCUT2D eigenvalue weighted by Crippen LogP contribution is -2.60. The molecule has 0 aliphatic heterocycles. The lowest BCUT2D eigenvalue weighted by Gasteiger charge is -2.43. The Kier molecular flexibility index (Phi) is 12.9. The van der Waals surface area contributed by atoms with Gasteiger partial charge in [0, 0.05) is 0 Å². The predicted octanol–water partition coefficient (Wildman–Crippen LogP) is 8.74. The summed E-state index contributed by atoms with van der Waals surface area (Å²) < 4.78 is 39.8. The highest BCUT2D eigenvalue weighted by molar-refractivity contribution is 6.91. The van der Waals surface area contributed by atoms with Crippen LogP contribution < -0.4 is 0 Å². The molecule has 0 aromatic heterocycles. The van der Waals surface area contributed by atoms with E-state index in [1.54, 1.807) is 0 Å². The van der Waals surface area contributed by atoms with Gasteiger partial charge in [-0.05, 0) is 116 Å². The molecule has 0 aliphatic carbocycles. The van der Waals surface area contributed by atoms with Gasteiger partial charge in [0.1, 0.15) is 0 Å². The zero-order valence-corrected chi connectivity index (χ0v) is 33.9. The minimum atomic E-state index is -2.53. The molecule has 0 fully saturated rings. The summed E-state index contributed by atoms with van der Waals surface area (Å²) in [5, 5.41) is 0. The Hall–Kier alpha value is 0.238. The number of hydrogen-bond acceptors (Lipinski definition) is 6. The first-order valence-corrected chi connectivity index (χ1v) is 34.4. The minimum absolute atomic E-state index is 1.00. The van der Waals surface area contributed by atoms with Crippen LogP contribution in [0, 0.1) is 0 Å². The van der Waals surface area contributed by atoms with Crippen molar-refractivity contribution in [1.29, 1.82) is 0 Å². The second-order valence-electron chi connectivity index (χ2n) is 13.8. The first-order chi connectivity index (χ1) is 16.8. The molecule has 0 atom stereocenters. The highest BCUT2D eigenvalue weighted by Gasteiger charge is 2.48. The summed E-state index contributed by atoms with van der Waals surface area (Å²) in [6.45, 7) is 32.4. The van der Waals surface area contributed by atoms with Gasteiger partial charge in [0.25, 0.3) is 0 Å². The van der Waals surface area contributed by atoms with Crippen LogP contribution in [0.15, 0.2) is 36.4 Å². The van der Waals surface area contributed by atoms with E-state index in [2.05, 4.69) is 135 Å². The van der Waals surface area contributed by atoms with Gasteiger partial charge in [0.15, 0.2) is 16.6 Å². The Morgan fingerprint density at radius 3 is 1.26 bits per heavy atom. The third-order valence-corrected chi connectivity index (χ3v) is 30.9. The van der Waals surface area contributed by atoms with Gasteiger partial charge in [-0.25, -0.2) is 0 Å². The summed E-state index contributed by atoms with van der Waals surface area (Å²) in [4.78, 5) is 0. The smallest absolute Gasteiger partial charge is 0.314 e. The lowest BCUT2D eigenvalue weighted by atomic mass is 10.2. The molecule has 0 bridgehead atoms. The molecule has 0 heterocycles. The molecule has 0 spiro atoms. The van der Waals surface area contributed by atoms with Gasteiger partial charge in [0.05, 0.1) is 0 Å². The third kappa shape index (κ3) is 16.5. The van der Waals surface area contributed by atoms with Gasteiger partial charge >= 0.3 is 42.8 Å². The molecule has 220 valence electrons. The van der Waals surface area contributed by atoms with Gasteiger partial charge in [-0.1, -0.05) is 42.5 Å². The molecule has 0 unspecified atom stereocenters. The minimum Gasteiger partial charge on any atom is -0.437 e. The summed E-state index contributed by atoms with van der Waals surface area (Å²) in [5.41, 5.74) is 1.23. The molecule has 0 radical (unpaired) electrons. The first-order valence-electron chi connectivity index (χ1n) is 13.7. The fraction of sp³-hybridized carbons (Fsp3) is 0.680. The van der Waals surface area contributed by atoms with Crippen LogP contribution in [0.5, 0.6) is 0 Å². The highest BCUT2D eigenvalue weighted by Crippen LogP contribution is 2.29. The first kappa shape index (κ1) is 36.3. The van der Waals surface area contributed by atoms with Crippen molar-refractivity contribution in [3.05, 3.63) is 42.0 Å². The van der Waals surface area contributed by atoms with E-state index in [0.717, 1.165) is 12.5 Å². The average molecular weight is 649 g/mol. The third-order valence-electron chi connectivity index (χ3n) is 5.06. The van der Waals surface area contributed by atoms with Crippen LogP contribution in [0.25, 0.3) is 6.08 Å². The standard InChI is InChI=1S/C25H56O6Si7/c1-32(2,3)26-34(6,7)28-36(10,11)30-38(14,15)31-37(12,13)29-35(8,9)27-33(4,5)24-20-19-23-25-21-17-16-18-22-25/h16-19,21-23H,20,24H2,1-15H3. The maximum Gasteiger partial charge on any atom is 0.314 e. The number of rotatable bonds is 16. The molecule has 1 aromatic carbocycles. The van der Waals surface area contributed by atoms with Crippen molar-refractivity contribution in [3.63, 3.8) is 0 Å². The molecule has 0 aliphatic rings. The van der Waals surface area contributed by atoms with Crippen molar-refractivity contribution in [2.24, 2.45) is 0 Å². The van der Waals surface area contributed by atoms with Crippen molar-refractivity contribution in [1.82, 2.24) is 0 Å². The van der Waals surface area contributed by atoms with E-state index in [1.165, 1.54) is 5.56 Å². The van der Waals surface area contributed by atoms with Crippen LogP contribution in [0.4, 0.5) is 0 Å². The van der Waals surface area contributed by atoms with Crippen LogP contribution in [-0.2, 0) is 24.7 Å². The van der Waals surface area contributed by atoms with Gasteiger partial charge in [-0.15, -0.1) is 0 Å². The summed E-state index contributed by atoms with van der Waals surface area (Å²) in [6, 6.07) is 11.5. The van der Waals surface area contributed by atoms with Crippen molar-refractivity contribution in [3.8, 4) is 0 Å². The van der Waals surface area contributed by atoms with Gasteiger partial charge < -0.3 is 24.7 Å².